The summed E-state index contributed by atoms with van der Waals surface area (Å²) in [4.78, 5) is 0. The van der Waals surface area contributed by atoms with Crippen LogP contribution in [0.1, 0.15) is 44.5 Å². The van der Waals surface area contributed by atoms with Crippen molar-refractivity contribution in [1.29, 1.82) is 0 Å². The molecule has 4 aromatic carbocycles. The minimum Gasteiger partial charge on any atom is -0.0618 e. The Morgan fingerprint density at radius 1 is 0.343 bits per heavy atom. The maximum atomic E-state index is 2.37. The van der Waals surface area contributed by atoms with E-state index >= 15 is 0 Å². The molecule has 178 valence electrons. The molecule has 0 aliphatic carbocycles. The molecule has 0 spiro atoms. The molecule has 5 rings (SSSR count). The van der Waals surface area contributed by atoms with Gasteiger partial charge < -0.3 is 0 Å². The van der Waals surface area contributed by atoms with E-state index in [-0.39, 0.29) is 0 Å². The van der Waals surface area contributed by atoms with Crippen molar-refractivity contribution in [3.8, 4) is 0 Å². The van der Waals surface area contributed by atoms with Gasteiger partial charge in [0.15, 0.2) is 0 Å². The van der Waals surface area contributed by atoms with E-state index in [4.69, 9.17) is 0 Å². The molecule has 0 aromatic heterocycles. The Kier molecular flexibility index (Phi) is 5.81. The number of rotatable bonds is 4. The van der Waals surface area contributed by atoms with Gasteiger partial charge in [-0.15, -0.1) is 0 Å². The van der Waals surface area contributed by atoms with Crippen LogP contribution in [0.4, 0.5) is 0 Å². The monoisotopic (exact) mass is 490 g/mol. The van der Waals surface area contributed by atoms with Crippen molar-refractivity contribution in [2.75, 3.05) is 0 Å². The second-order valence-corrected chi connectivity index (χ2v) is 23.2. The Balaban J connectivity index is 2.04. The van der Waals surface area contributed by atoms with Crippen molar-refractivity contribution < 1.29 is 0 Å². The molecule has 4 aromatic rings. The Morgan fingerprint density at radius 2 is 0.514 bits per heavy atom. The second kappa shape index (κ2) is 8.46. The molecule has 1 aliphatic heterocycles. The lowest BCUT2D eigenvalue weighted by Crippen LogP contribution is -2.69. The molecule has 0 N–H and O–H groups in total. The van der Waals surface area contributed by atoms with Gasteiger partial charge in [-0.25, -0.2) is 0 Å². The van der Waals surface area contributed by atoms with Crippen LogP contribution >= 0.6 is 0 Å². The number of hydrogen-bond donors (Lipinski definition) is 0. The van der Waals surface area contributed by atoms with Crippen LogP contribution in [0.3, 0.4) is 0 Å². The molecule has 0 unspecified atom stereocenters. The predicted molar refractivity (Wildman–Crippen MR) is 159 cm³/mol. The minimum absolute atomic E-state index is 1.37. The predicted octanol–water partition coefficient (Wildman–Crippen LogP) is 5.61. The summed E-state index contributed by atoms with van der Waals surface area (Å²) >= 11 is 0. The first kappa shape index (κ1) is 24.0. The highest BCUT2D eigenvalue weighted by Crippen LogP contribution is 2.47. The van der Waals surface area contributed by atoms with Crippen LogP contribution < -0.4 is 20.7 Å². The summed E-state index contributed by atoms with van der Waals surface area (Å²) in [6.45, 7) is 19.0. The minimum atomic E-state index is -2.13. The maximum absolute atomic E-state index is 2.37. The lowest BCUT2D eigenvalue weighted by Gasteiger charge is -2.34. The molecule has 0 radical (unpaired) electrons. The van der Waals surface area contributed by atoms with Gasteiger partial charge in [0, 0.05) is 0 Å². The summed E-state index contributed by atoms with van der Waals surface area (Å²) in [7, 11) is -4.26. The Bertz CT molecular complexity index is 1170. The van der Waals surface area contributed by atoms with E-state index in [9.17, 15) is 0 Å². The van der Waals surface area contributed by atoms with Crippen LogP contribution in [0, 0.1) is 55.4 Å². The van der Waals surface area contributed by atoms with E-state index in [1.807, 2.05) is 0 Å². The van der Waals surface area contributed by atoms with Crippen LogP contribution in [-0.2, 0) is 0 Å². The molecule has 35 heavy (non-hydrogen) atoms. The van der Waals surface area contributed by atoms with E-state index < -0.39 is 15.2 Å². The largest absolute Gasteiger partial charge is 0.120 e. The van der Waals surface area contributed by atoms with E-state index in [2.05, 4.69) is 128 Å². The molecule has 1 aliphatic rings. The first-order valence-electron chi connectivity index (χ1n) is 12.9. The Labute approximate surface area is 213 Å². The van der Waals surface area contributed by atoms with Gasteiger partial charge in [-0.2, -0.15) is 0 Å². The van der Waals surface area contributed by atoms with Crippen molar-refractivity contribution in [3.05, 3.63) is 117 Å². The van der Waals surface area contributed by atoms with Gasteiger partial charge >= 0.3 is 0 Å². The van der Waals surface area contributed by atoms with E-state index in [0.717, 1.165) is 0 Å². The molecule has 0 nitrogen and oxygen atoms in total. The maximum Gasteiger partial charge on any atom is 0.120 e. The molecule has 0 bridgehead atoms. The average molecular weight is 491 g/mol. The van der Waals surface area contributed by atoms with Crippen molar-refractivity contribution in [1.82, 2.24) is 0 Å². The summed E-state index contributed by atoms with van der Waals surface area (Å²) < 4.78 is 0. The lowest BCUT2D eigenvalue weighted by molar-refractivity contribution is 1.40. The zero-order chi connectivity index (χ0) is 25.1. The topological polar surface area (TPSA) is 0 Å². The number of aryl methyl sites for hydroxylation is 8. The third-order valence-corrected chi connectivity index (χ3v) is 27.4. The average Bonchev–Trinajstić information content (AvgIpc) is 3.42. The lowest BCUT2D eigenvalue weighted by atomic mass is 10.1. The van der Waals surface area contributed by atoms with Crippen molar-refractivity contribution in [2.24, 2.45) is 0 Å². The third-order valence-electron chi connectivity index (χ3n) is 8.77. The summed E-state index contributed by atoms with van der Waals surface area (Å²) in [6.07, 6.45) is 0. The fourth-order valence-electron chi connectivity index (χ4n) is 7.76. The van der Waals surface area contributed by atoms with E-state index in [0.29, 0.717) is 0 Å². The molecule has 0 saturated carbocycles. The Morgan fingerprint density at radius 3 is 0.686 bits per heavy atom. The highest BCUT2D eigenvalue weighted by atomic mass is 29.3. The molecule has 0 amide bonds. The Hall–Kier alpha value is -2.69. The molecular weight excluding hydrogens is 453 g/mol. The van der Waals surface area contributed by atoms with Gasteiger partial charge in [-0.1, -0.05) is 138 Å². The standard InChI is InChI=1S/C33H38Si2/c1-22-13-9-14-23(2)30(22)34(31-24(3)15-10-16-25(31)4)21-35(34,32-26(5)17-11-18-27(32)6)33-28(7)19-12-20-29(33)8/h9-20H,21H2,1-8H3. The van der Waals surface area contributed by atoms with Crippen molar-refractivity contribution in [2.45, 2.75) is 61.1 Å². The fraction of sp³-hybridized carbons (Fsp3) is 0.273. The molecule has 0 atom stereocenters. The highest BCUT2D eigenvalue weighted by Gasteiger charge is 2.76. The van der Waals surface area contributed by atoms with Gasteiger partial charge in [0.25, 0.3) is 0 Å². The first-order chi connectivity index (χ1) is 16.7. The van der Waals surface area contributed by atoms with Gasteiger partial charge in [-0.3, -0.25) is 0 Å². The van der Waals surface area contributed by atoms with Gasteiger partial charge in [0.1, 0.15) is 15.2 Å². The summed E-state index contributed by atoms with van der Waals surface area (Å²) in [5.41, 5.74) is 13.3. The highest BCUT2D eigenvalue weighted by molar-refractivity contribution is 7.75. The van der Waals surface area contributed by atoms with Gasteiger partial charge in [0.2, 0.25) is 0 Å². The third kappa shape index (κ3) is 3.30. The van der Waals surface area contributed by atoms with Crippen molar-refractivity contribution in [3.63, 3.8) is 0 Å². The van der Waals surface area contributed by atoms with Crippen molar-refractivity contribution >= 4 is 35.9 Å². The normalized spacial score (nSPS) is 15.8. The van der Waals surface area contributed by atoms with Crippen LogP contribution in [0.5, 0.6) is 0 Å². The quantitative estimate of drug-likeness (QED) is 0.326. The zero-order valence-electron chi connectivity index (χ0n) is 22.6. The van der Waals surface area contributed by atoms with Gasteiger partial charge in [0.05, 0.1) is 0 Å². The van der Waals surface area contributed by atoms with Crippen LogP contribution in [0.2, 0.25) is 5.67 Å². The van der Waals surface area contributed by atoms with Gasteiger partial charge in [-0.05, 0) is 61.1 Å². The number of hydrogen-bond acceptors (Lipinski definition) is 0. The molecular formula is C33H38Si2. The molecule has 2 heteroatoms. The zero-order valence-corrected chi connectivity index (χ0v) is 24.6. The summed E-state index contributed by atoms with van der Waals surface area (Å²) in [5, 5.41) is 6.87. The van der Waals surface area contributed by atoms with Crippen LogP contribution in [-0.4, -0.2) is 15.2 Å². The smallest absolute Gasteiger partial charge is 0.0618 e. The van der Waals surface area contributed by atoms with Crippen LogP contribution in [0.15, 0.2) is 72.8 Å². The molecule has 1 saturated heterocycles. The SMILES string of the molecule is Cc1cccc(C)c1[Si]1(c2c(C)cccc2C)C[Si]1(c1c(C)cccc1C)c1c(C)cccc1C. The molecule has 1 fully saturated rings. The summed E-state index contributed by atoms with van der Waals surface area (Å²) in [6, 6.07) is 28.0. The fourth-order valence-corrected chi connectivity index (χ4v) is 34.7. The van der Waals surface area contributed by atoms with Crippen LogP contribution in [0.25, 0.3) is 0 Å². The first-order valence-corrected chi connectivity index (χ1v) is 18.3. The molecule has 1 heterocycles. The summed E-state index contributed by atoms with van der Waals surface area (Å²) in [5.74, 6) is 0. The second-order valence-electron chi connectivity index (χ2n) is 11.1. The number of benzene rings is 4. The van der Waals surface area contributed by atoms with E-state index in [1.54, 1.807) is 20.7 Å². The van der Waals surface area contributed by atoms with E-state index in [1.165, 1.54) is 50.2 Å².